The molecule has 0 atom stereocenters. The molecule has 0 saturated carbocycles. The summed E-state index contributed by atoms with van der Waals surface area (Å²) in [4.78, 5) is 11.7. The topological polar surface area (TPSA) is 80.2 Å². The van der Waals surface area contributed by atoms with E-state index in [0.29, 0.717) is 21.5 Å². The lowest BCUT2D eigenvalue weighted by Gasteiger charge is -2.08. The lowest BCUT2D eigenvalue weighted by atomic mass is 10.2. The fourth-order valence-electron chi connectivity index (χ4n) is 1.70. The normalized spacial score (nSPS) is 10.6. The SMILES string of the molecule is COc1ccc(OCC(=O)N/N=C/c2cc(Br)ccc2O)c(Br)c1. The molecule has 0 aliphatic heterocycles. The Labute approximate surface area is 155 Å². The van der Waals surface area contributed by atoms with Gasteiger partial charge in [0.15, 0.2) is 6.61 Å². The zero-order chi connectivity index (χ0) is 17.5. The highest BCUT2D eigenvalue weighted by Crippen LogP contribution is 2.29. The molecule has 6 nitrogen and oxygen atoms in total. The summed E-state index contributed by atoms with van der Waals surface area (Å²) >= 11 is 6.63. The number of phenols is 1. The molecule has 0 aromatic heterocycles. The number of carbonyl (C=O) groups is 1. The highest BCUT2D eigenvalue weighted by atomic mass is 79.9. The van der Waals surface area contributed by atoms with E-state index < -0.39 is 5.91 Å². The number of ether oxygens (including phenoxy) is 2. The molecule has 126 valence electrons. The summed E-state index contributed by atoms with van der Waals surface area (Å²) < 4.78 is 11.9. The lowest BCUT2D eigenvalue weighted by molar-refractivity contribution is -0.123. The molecule has 24 heavy (non-hydrogen) atoms. The second kappa shape index (κ2) is 8.70. The van der Waals surface area contributed by atoms with E-state index in [2.05, 4.69) is 42.4 Å². The second-order valence-corrected chi connectivity index (χ2v) is 6.35. The summed E-state index contributed by atoms with van der Waals surface area (Å²) in [5.41, 5.74) is 2.80. The highest BCUT2D eigenvalue weighted by Gasteiger charge is 2.06. The van der Waals surface area contributed by atoms with E-state index >= 15 is 0 Å². The lowest BCUT2D eigenvalue weighted by Crippen LogP contribution is -2.24. The van der Waals surface area contributed by atoms with Gasteiger partial charge >= 0.3 is 0 Å². The summed E-state index contributed by atoms with van der Waals surface area (Å²) in [7, 11) is 1.57. The first-order chi connectivity index (χ1) is 11.5. The molecule has 2 aromatic rings. The Hall–Kier alpha value is -2.06. The zero-order valence-electron chi connectivity index (χ0n) is 12.6. The molecule has 2 rings (SSSR count). The Bertz CT molecular complexity index is 766. The van der Waals surface area contributed by atoms with Crippen LogP contribution in [0.15, 0.2) is 50.4 Å². The van der Waals surface area contributed by atoms with Crippen molar-refractivity contribution in [2.24, 2.45) is 5.10 Å². The summed E-state index contributed by atoms with van der Waals surface area (Å²) in [5, 5.41) is 13.4. The van der Waals surface area contributed by atoms with Crippen LogP contribution in [0.1, 0.15) is 5.56 Å². The van der Waals surface area contributed by atoms with Gasteiger partial charge in [-0.3, -0.25) is 4.79 Å². The fraction of sp³-hybridized carbons (Fsp3) is 0.125. The molecule has 1 amide bonds. The van der Waals surface area contributed by atoms with Crippen molar-refractivity contribution in [3.8, 4) is 17.2 Å². The van der Waals surface area contributed by atoms with Crippen molar-refractivity contribution in [1.29, 1.82) is 0 Å². The minimum atomic E-state index is -0.427. The number of methoxy groups -OCH3 is 1. The number of aromatic hydroxyl groups is 1. The molecule has 2 N–H and O–H groups in total. The van der Waals surface area contributed by atoms with Crippen LogP contribution in [0.3, 0.4) is 0 Å². The second-order valence-electron chi connectivity index (χ2n) is 4.58. The largest absolute Gasteiger partial charge is 0.507 e. The van der Waals surface area contributed by atoms with Crippen molar-refractivity contribution in [3.63, 3.8) is 0 Å². The number of benzene rings is 2. The van der Waals surface area contributed by atoms with Gasteiger partial charge in [-0.1, -0.05) is 15.9 Å². The van der Waals surface area contributed by atoms with Gasteiger partial charge in [0.1, 0.15) is 17.2 Å². The standard InChI is InChI=1S/C16H14Br2N2O4/c1-23-12-3-5-15(13(18)7-12)24-9-16(22)20-19-8-10-6-11(17)2-4-14(10)21/h2-8,21H,9H2,1H3,(H,20,22)/b19-8+. The Morgan fingerprint density at radius 1 is 1.29 bits per heavy atom. The highest BCUT2D eigenvalue weighted by molar-refractivity contribution is 9.10. The number of nitrogens with zero attached hydrogens (tertiary/aromatic N) is 1. The van der Waals surface area contributed by atoms with E-state index in [-0.39, 0.29) is 12.4 Å². The van der Waals surface area contributed by atoms with E-state index in [1.165, 1.54) is 12.3 Å². The molecule has 0 saturated heterocycles. The number of halogens is 2. The van der Waals surface area contributed by atoms with E-state index in [9.17, 15) is 9.90 Å². The first-order valence-electron chi connectivity index (χ1n) is 6.76. The van der Waals surface area contributed by atoms with Crippen LogP contribution in [-0.4, -0.2) is 30.9 Å². The monoisotopic (exact) mass is 456 g/mol. The molecule has 0 fully saturated rings. The van der Waals surface area contributed by atoms with Crippen LogP contribution in [-0.2, 0) is 4.79 Å². The van der Waals surface area contributed by atoms with Gasteiger partial charge in [0.2, 0.25) is 0 Å². The molecule has 0 bridgehead atoms. The molecule has 0 spiro atoms. The van der Waals surface area contributed by atoms with Crippen LogP contribution in [0.2, 0.25) is 0 Å². The van der Waals surface area contributed by atoms with Gasteiger partial charge in [-0.05, 0) is 52.3 Å². The van der Waals surface area contributed by atoms with Crippen LogP contribution >= 0.6 is 31.9 Å². The molecule has 0 aliphatic carbocycles. The molecular formula is C16H14Br2N2O4. The quantitative estimate of drug-likeness (QED) is 0.514. The van der Waals surface area contributed by atoms with Gasteiger partial charge in [-0.25, -0.2) is 5.43 Å². The summed E-state index contributed by atoms with van der Waals surface area (Å²) in [6.45, 7) is -0.202. The van der Waals surface area contributed by atoms with Gasteiger partial charge in [-0.2, -0.15) is 5.10 Å². The molecule has 2 aromatic carbocycles. The van der Waals surface area contributed by atoms with Crippen molar-refractivity contribution in [2.45, 2.75) is 0 Å². The third-order valence-corrected chi connectivity index (χ3v) is 3.99. The summed E-state index contributed by atoms with van der Waals surface area (Å²) in [6.07, 6.45) is 1.35. The maximum Gasteiger partial charge on any atom is 0.277 e. The van der Waals surface area contributed by atoms with Crippen molar-refractivity contribution < 1.29 is 19.4 Å². The van der Waals surface area contributed by atoms with Crippen molar-refractivity contribution in [1.82, 2.24) is 5.43 Å². The first-order valence-corrected chi connectivity index (χ1v) is 8.35. The predicted molar refractivity (Wildman–Crippen MR) is 97.7 cm³/mol. The Balaban J connectivity index is 1.87. The maximum absolute atomic E-state index is 11.7. The van der Waals surface area contributed by atoms with Crippen LogP contribution < -0.4 is 14.9 Å². The minimum Gasteiger partial charge on any atom is -0.507 e. The number of phenolic OH excluding ortho intramolecular Hbond substituents is 1. The zero-order valence-corrected chi connectivity index (χ0v) is 15.8. The van der Waals surface area contributed by atoms with Crippen LogP contribution in [0.5, 0.6) is 17.2 Å². The molecular weight excluding hydrogens is 444 g/mol. The molecule has 0 unspecified atom stereocenters. The number of rotatable bonds is 6. The van der Waals surface area contributed by atoms with Gasteiger partial charge in [0.05, 0.1) is 17.8 Å². The van der Waals surface area contributed by atoms with Crippen LogP contribution in [0.4, 0.5) is 0 Å². The van der Waals surface area contributed by atoms with Gasteiger partial charge < -0.3 is 14.6 Å². The van der Waals surface area contributed by atoms with E-state index in [0.717, 1.165) is 4.47 Å². The first kappa shape index (κ1) is 18.3. The Morgan fingerprint density at radius 2 is 2.08 bits per heavy atom. The maximum atomic E-state index is 11.7. The fourth-order valence-corrected chi connectivity index (χ4v) is 2.55. The van der Waals surface area contributed by atoms with Crippen molar-refractivity contribution in [3.05, 3.63) is 50.9 Å². The molecule has 0 aliphatic rings. The number of carbonyl (C=O) groups excluding carboxylic acids is 1. The van der Waals surface area contributed by atoms with Crippen LogP contribution in [0, 0.1) is 0 Å². The smallest absolute Gasteiger partial charge is 0.277 e. The Morgan fingerprint density at radius 3 is 2.79 bits per heavy atom. The number of hydrazone groups is 1. The Kier molecular flexibility index (Phi) is 6.62. The van der Waals surface area contributed by atoms with E-state index in [4.69, 9.17) is 9.47 Å². The van der Waals surface area contributed by atoms with Crippen LogP contribution in [0.25, 0.3) is 0 Å². The summed E-state index contributed by atoms with van der Waals surface area (Å²) in [6, 6.07) is 10.1. The van der Waals surface area contributed by atoms with Gasteiger partial charge in [-0.15, -0.1) is 0 Å². The summed E-state index contributed by atoms with van der Waals surface area (Å²) in [5.74, 6) is 0.828. The minimum absolute atomic E-state index is 0.0645. The van der Waals surface area contributed by atoms with Crippen molar-refractivity contribution in [2.75, 3.05) is 13.7 Å². The molecule has 0 radical (unpaired) electrons. The number of hydrogen-bond acceptors (Lipinski definition) is 5. The third kappa shape index (κ3) is 5.24. The molecule has 8 heteroatoms. The average Bonchev–Trinajstić information content (AvgIpc) is 2.56. The number of amides is 1. The third-order valence-electron chi connectivity index (χ3n) is 2.88. The van der Waals surface area contributed by atoms with E-state index in [1.807, 2.05) is 0 Å². The van der Waals surface area contributed by atoms with Crippen molar-refractivity contribution >= 4 is 44.0 Å². The van der Waals surface area contributed by atoms with Gasteiger partial charge in [0, 0.05) is 10.0 Å². The average molecular weight is 458 g/mol. The number of nitrogens with one attached hydrogen (secondary N) is 1. The predicted octanol–water partition coefficient (Wildman–Crippen LogP) is 3.45. The molecule has 0 heterocycles. The number of hydrogen-bond donors (Lipinski definition) is 2. The van der Waals surface area contributed by atoms with Gasteiger partial charge in [0.25, 0.3) is 5.91 Å². The van der Waals surface area contributed by atoms with E-state index in [1.54, 1.807) is 37.4 Å².